The van der Waals surface area contributed by atoms with Crippen LogP contribution < -0.4 is 15.7 Å². The van der Waals surface area contributed by atoms with Crippen LogP contribution in [0, 0.1) is 16.7 Å². The number of imidazole rings is 1. The van der Waals surface area contributed by atoms with Crippen LogP contribution in [-0.4, -0.2) is 86.7 Å². The summed E-state index contributed by atoms with van der Waals surface area (Å²) >= 11 is 6.21. The molecule has 7 rings (SSSR count). The van der Waals surface area contributed by atoms with Crippen molar-refractivity contribution in [2.24, 2.45) is 16.7 Å². The molecule has 2 aromatic rings. The highest BCUT2D eigenvalue weighted by atomic mass is 35.5. The number of halogens is 1. The van der Waals surface area contributed by atoms with E-state index in [2.05, 4.69) is 44.5 Å². The van der Waals surface area contributed by atoms with Crippen LogP contribution in [0.25, 0.3) is 11.2 Å². The van der Waals surface area contributed by atoms with Gasteiger partial charge in [-0.2, -0.15) is 9.97 Å². The molecule has 4 bridgehead atoms. The summed E-state index contributed by atoms with van der Waals surface area (Å²) < 4.78 is 30.3. The molecule has 5 aliphatic rings. The number of aliphatic hydroxyl groups is 2. The fraction of sp³-hybridized carbons (Fsp3) is 0.750. The summed E-state index contributed by atoms with van der Waals surface area (Å²) in [7, 11) is -9.28. The largest absolute Gasteiger partial charge is 0.387 e. The average Bonchev–Trinajstić information content (AvgIpc) is 3.34. The Morgan fingerprint density at radius 2 is 1.77 bits per heavy atom. The van der Waals surface area contributed by atoms with E-state index in [0.717, 1.165) is 25.7 Å². The summed E-state index contributed by atoms with van der Waals surface area (Å²) in [5.74, 6) is -0.691. The van der Waals surface area contributed by atoms with E-state index in [1.807, 2.05) is 0 Å². The van der Waals surface area contributed by atoms with Gasteiger partial charge in [-0.1, -0.05) is 13.8 Å². The van der Waals surface area contributed by atoms with Crippen molar-refractivity contribution in [1.29, 1.82) is 0 Å². The third kappa shape index (κ3) is 6.24. The van der Waals surface area contributed by atoms with E-state index in [0.29, 0.717) is 5.92 Å². The Balaban J connectivity index is 1.18. The van der Waals surface area contributed by atoms with Gasteiger partial charge >= 0.3 is 13.6 Å². The summed E-state index contributed by atoms with van der Waals surface area (Å²) in [6.07, 6.45) is 1.94. The standard InChI is InChI=1S/C24H36ClN7O9P2/c1-22-3-12-4-23(2,7-22)9-24(5-12,8-22)31-21(35)29-17-14-18(30-20(25)28-17)32(10-26-14)19-16(34)15(33)13(41-19)6-27-42(36,37)11-43(38,39)40/h10,12-13,15-16,19,33-34H,3-9,11H2,1-2H3,(H2,27,36,37)(H2,38,39,40)(H2,28,29,30,31,35)/t12-,13-,15?,16?,19-,22+,23-,24-/m1/s1. The summed E-state index contributed by atoms with van der Waals surface area (Å²) in [5.41, 5.74) is 0.313. The third-order valence-corrected chi connectivity index (χ3v) is 13.0. The number of carbonyl (C=O) groups excluding carboxylic acids is 1. The first-order valence-corrected chi connectivity index (χ1v) is 18.0. The van der Waals surface area contributed by atoms with E-state index >= 15 is 0 Å². The van der Waals surface area contributed by atoms with Gasteiger partial charge in [-0.05, 0) is 66.9 Å². The zero-order valence-electron chi connectivity index (χ0n) is 23.6. The maximum atomic E-state index is 13.3. The summed E-state index contributed by atoms with van der Waals surface area (Å²) in [4.78, 5) is 53.9. The molecule has 2 aromatic heterocycles. The van der Waals surface area contributed by atoms with Crippen LogP contribution in [0.15, 0.2) is 6.33 Å². The number of anilines is 1. The SMILES string of the molecule is C[C@]12C[C@@H]3C[C@](C)(C1)C[C@@](NC(=O)Nc1nc(Cl)nc4c1ncn4[C@@H]1O[C@H](CNP(=O)(O)CP(=O)(O)O)C(O)C1O)(C3)C2. The molecule has 1 aliphatic heterocycles. The molecule has 0 spiro atoms. The number of nitrogens with zero attached hydrogens (tertiary/aromatic N) is 4. The first-order valence-electron chi connectivity index (χ1n) is 14.0. The number of ether oxygens (including phenoxy) is 1. The van der Waals surface area contributed by atoms with Gasteiger partial charge in [0.05, 0.1) is 6.33 Å². The number of aliphatic hydroxyl groups excluding tert-OH is 2. The number of amides is 2. The minimum atomic E-state index is -4.80. The van der Waals surface area contributed by atoms with Gasteiger partial charge in [0, 0.05) is 12.1 Å². The van der Waals surface area contributed by atoms with Crippen molar-refractivity contribution in [2.75, 3.05) is 17.8 Å². The highest BCUT2D eigenvalue weighted by molar-refractivity contribution is 7.71. The van der Waals surface area contributed by atoms with Crippen molar-refractivity contribution in [3.05, 3.63) is 11.6 Å². The number of fused-ring (bicyclic) bond motifs is 1. The van der Waals surface area contributed by atoms with Gasteiger partial charge in [-0.25, -0.2) is 14.9 Å². The van der Waals surface area contributed by atoms with E-state index in [4.69, 9.17) is 26.1 Å². The number of carbonyl (C=O) groups is 1. The molecule has 43 heavy (non-hydrogen) atoms. The minimum Gasteiger partial charge on any atom is -0.387 e. The molecular weight excluding hydrogens is 628 g/mol. The van der Waals surface area contributed by atoms with Gasteiger partial charge in [0.25, 0.3) is 7.52 Å². The number of aromatic nitrogens is 4. The maximum Gasteiger partial charge on any atom is 0.336 e. The Bertz CT molecular complexity index is 1540. The molecule has 0 aromatic carbocycles. The molecule has 16 nitrogen and oxygen atoms in total. The van der Waals surface area contributed by atoms with E-state index < -0.39 is 58.1 Å². The highest BCUT2D eigenvalue weighted by Crippen LogP contribution is 2.66. The molecule has 2 amide bonds. The second-order valence-corrected chi connectivity index (χ2v) is 18.1. The highest BCUT2D eigenvalue weighted by Gasteiger charge is 2.60. The van der Waals surface area contributed by atoms with Crippen molar-refractivity contribution >= 4 is 49.7 Å². The lowest BCUT2D eigenvalue weighted by Crippen LogP contribution is -2.65. The van der Waals surface area contributed by atoms with Crippen molar-refractivity contribution in [3.8, 4) is 0 Å². The van der Waals surface area contributed by atoms with Gasteiger partial charge in [-0.3, -0.25) is 19.0 Å². The first-order chi connectivity index (χ1) is 19.9. The summed E-state index contributed by atoms with van der Waals surface area (Å²) in [6.45, 7) is 4.12. The number of nitrogens with one attached hydrogen (secondary N) is 3. The van der Waals surface area contributed by atoms with Crippen molar-refractivity contribution in [3.63, 3.8) is 0 Å². The van der Waals surface area contributed by atoms with Gasteiger partial charge < -0.3 is 34.9 Å². The second kappa shape index (κ2) is 10.4. The number of rotatable bonds is 8. The molecule has 4 aliphatic carbocycles. The van der Waals surface area contributed by atoms with Gasteiger partial charge in [-0.15, -0.1) is 0 Å². The van der Waals surface area contributed by atoms with E-state index in [1.165, 1.54) is 23.7 Å². The molecule has 0 radical (unpaired) electrons. The Kier molecular flexibility index (Phi) is 7.57. The predicted octanol–water partition coefficient (Wildman–Crippen LogP) is 1.88. The van der Waals surface area contributed by atoms with Crippen LogP contribution in [0.5, 0.6) is 0 Å². The molecule has 19 heteroatoms. The van der Waals surface area contributed by atoms with Gasteiger partial charge in [0.1, 0.15) is 24.2 Å². The molecule has 8 N–H and O–H groups in total. The average molecular weight is 664 g/mol. The number of hydrogen-bond donors (Lipinski definition) is 8. The monoisotopic (exact) mass is 663 g/mol. The Morgan fingerprint density at radius 3 is 2.40 bits per heavy atom. The van der Waals surface area contributed by atoms with Crippen molar-refractivity contribution < 1.29 is 43.6 Å². The van der Waals surface area contributed by atoms with E-state index in [-0.39, 0.29) is 38.6 Å². The maximum absolute atomic E-state index is 13.3. The Hall–Kier alpha value is -1.71. The molecule has 238 valence electrons. The normalized spacial score (nSPS) is 38.4. The summed E-state index contributed by atoms with van der Waals surface area (Å²) in [5, 5.41) is 29.2. The number of hydrogen-bond acceptors (Lipinski definition) is 9. The van der Waals surface area contributed by atoms with Crippen LogP contribution in [0.3, 0.4) is 0 Å². The third-order valence-electron chi connectivity index (χ3n) is 9.16. The summed E-state index contributed by atoms with van der Waals surface area (Å²) in [6, 6.07) is -0.442. The molecule has 5 fully saturated rings. The lowest BCUT2D eigenvalue weighted by molar-refractivity contribution is -0.113. The van der Waals surface area contributed by atoms with Crippen LogP contribution >= 0.6 is 26.7 Å². The zero-order chi connectivity index (χ0) is 31.2. The fourth-order valence-corrected chi connectivity index (χ4v) is 11.8. The van der Waals surface area contributed by atoms with Gasteiger partial charge in [0.2, 0.25) is 5.28 Å². The molecule has 3 unspecified atom stereocenters. The van der Waals surface area contributed by atoms with Crippen LogP contribution in [0.1, 0.15) is 58.6 Å². The van der Waals surface area contributed by atoms with Crippen LogP contribution in [0.4, 0.5) is 10.6 Å². The van der Waals surface area contributed by atoms with Crippen molar-refractivity contribution in [2.45, 2.75) is 82.5 Å². The lowest BCUT2D eigenvalue weighted by atomic mass is 9.43. The molecule has 1 saturated heterocycles. The molecule has 4 saturated carbocycles. The predicted molar refractivity (Wildman–Crippen MR) is 153 cm³/mol. The van der Waals surface area contributed by atoms with Crippen LogP contribution in [0.2, 0.25) is 5.28 Å². The van der Waals surface area contributed by atoms with Crippen LogP contribution in [-0.2, 0) is 13.9 Å². The van der Waals surface area contributed by atoms with E-state index in [9.17, 15) is 29.0 Å². The number of urea groups is 1. The second-order valence-electron chi connectivity index (χ2n) is 13.6. The zero-order valence-corrected chi connectivity index (χ0v) is 26.1. The van der Waals surface area contributed by atoms with E-state index in [1.54, 1.807) is 0 Å². The Morgan fingerprint density at radius 1 is 1.09 bits per heavy atom. The van der Waals surface area contributed by atoms with Gasteiger partial charge in [0.15, 0.2) is 23.2 Å². The molecule has 9 atom stereocenters. The fourth-order valence-electron chi connectivity index (χ4n) is 8.79. The molecule has 3 heterocycles. The minimum absolute atomic E-state index is 0.0401. The quantitative estimate of drug-likeness (QED) is 0.149. The lowest BCUT2D eigenvalue weighted by Gasteiger charge is -2.65. The smallest absolute Gasteiger partial charge is 0.336 e. The Labute approximate surface area is 251 Å². The molecular formula is C24H36ClN7O9P2. The van der Waals surface area contributed by atoms with Crippen molar-refractivity contribution in [1.82, 2.24) is 29.9 Å². The topological polar surface area (TPSA) is 241 Å². The first kappa shape index (κ1) is 31.3.